The van der Waals surface area contributed by atoms with Crippen molar-refractivity contribution in [2.75, 3.05) is 32.7 Å². The fraction of sp³-hybridized carbons (Fsp3) is 0.667. The van der Waals surface area contributed by atoms with Crippen molar-refractivity contribution in [3.8, 4) is 0 Å². The number of aliphatic carboxylic acids is 1. The molecule has 1 aromatic carbocycles. The van der Waals surface area contributed by atoms with Crippen LogP contribution in [0.3, 0.4) is 0 Å². The molecule has 35 heavy (non-hydrogen) atoms. The van der Waals surface area contributed by atoms with E-state index in [2.05, 4.69) is 0 Å². The fourth-order valence-electron chi connectivity index (χ4n) is 4.44. The Bertz CT molecular complexity index is 994. The third-order valence-electron chi connectivity index (χ3n) is 6.38. The summed E-state index contributed by atoms with van der Waals surface area (Å²) in [5, 5.41) is 7.12. The van der Waals surface area contributed by atoms with Crippen molar-refractivity contribution in [3.63, 3.8) is 0 Å². The van der Waals surface area contributed by atoms with E-state index in [4.69, 9.17) is 14.6 Å². The Balaban J connectivity index is 0.000000429. The molecular formula is C21H26F6N2O5S. The normalized spacial score (nSPS) is 24.8. The lowest BCUT2D eigenvalue weighted by atomic mass is 9.81. The molecular weight excluding hydrogens is 506 g/mol. The lowest BCUT2D eigenvalue weighted by Gasteiger charge is -2.53. The molecule has 3 aliphatic rings. The Morgan fingerprint density at radius 1 is 1.09 bits per heavy atom. The van der Waals surface area contributed by atoms with Crippen molar-refractivity contribution in [1.29, 1.82) is 0 Å². The zero-order chi connectivity index (χ0) is 26.1. The number of sulfonamides is 1. The summed E-state index contributed by atoms with van der Waals surface area (Å²) >= 11 is 0. The Labute approximate surface area is 198 Å². The van der Waals surface area contributed by atoms with Gasteiger partial charge in [0.15, 0.2) is 0 Å². The average molecular weight is 533 g/mol. The number of carboxylic acid groups (broad SMARTS) is 1. The van der Waals surface area contributed by atoms with Crippen LogP contribution in [0.5, 0.6) is 0 Å². The van der Waals surface area contributed by atoms with Gasteiger partial charge in [0.1, 0.15) is 5.82 Å². The van der Waals surface area contributed by atoms with Crippen molar-refractivity contribution in [3.05, 3.63) is 30.1 Å². The molecule has 1 aromatic rings. The van der Waals surface area contributed by atoms with Crippen LogP contribution in [-0.2, 0) is 19.6 Å². The van der Waals surface area contributed by atoms with Crippen LogP contribution in [0.1, 0.15) is 32.1 Å². The average Bonchev–Trinajstić information content (AvgIpc) is 2.74. The van der Waals surface area contributed by atoms with Gasteiger partial charge in [0, 0.05) is 52.0 Å². The highest BCUT2D eigenvalue weighted by atomic mass is 32.2. The predicted molar refractivity (Wildman–Crippen MR) is 111 cm³/mol. The van der Waals surface area contributed by atoms with Gasteiger partial charge in [-0.3, -0.25) is 0 Å². The third-order valence-corrected chi connectivity index (χ3v) is 8.27. The molecule has 0 radical (unpaired) electrons. The first kappa shape index (κ1) is 27.7. The zero-order valence-electron chi connectivity index (χ0n) is 18.6. The highest BCUT2D eigenvalue weighted by molar-refractivity contribution is 7.89. The second-order valence-electron chi connectivity index (χ2n) is 8.95. The first-order valence-electron chi connectivity index (χ1n) is 11.0. The SMILES string of the molecule is O=C(O)C(F)(F)F.O=S(=O)(c1cccc(F)c1)N1CCC2(CC1)CC(CN1CCC(F)(F)CC1)O2. The standard InChI is InChI=1S/C19H25F3N2O3S.C2HF3O2/c20-15-2-1-3-17(12-15)28(25,26)24-10-4-18(5-11-24)13-16(27-18)14-23-8-6-19(21,22)7-9-23;3-2(4,5)1(6)7/h1-3,12,16H,4-11,13-14H2;(H,6,7). The number of piperidine rings is 2. The molecule has 1 unspecified atom stereocenters. The largest absolute Gasteiger partial charge is 0.490 e. The topological polar surface area (TPSA) is 87.1 Å². The number of hydrogen-bond acceptors (Lipinski definition) is 5. The van der Waals surface area contributed by atoms with Crippen LogP contribution in [0.4, 0.5) is 26.3 Å². The van der Waals surface area contributed by atoms with Gasteiger partial charge in [-0.1, -0.05) is 6.07 Å². The molecule has 1 N–H and O–H groups in total. The summed E-state index contributed by atoms with van der Waals surface area (Å²) in [6.07, 6.45) is -3.24. The number of rotatable bonds is 4. The van der Waals surface area contributed by atoms with E-state index in [1.54, 1.807) is 0 Å². The van der Waals surface area contributed by atoms with Crippen LogP contribution >= 0.6 is 0 Å². The van der Waals surface area contributed by atoms with E-state index in [-0.39, 0.29) is 29.4 Å². The van der Waals surface area contributed by atoms with Gasteiger partial charge in [-0.2, -0.15) is 17.5 Å². The van der Waals surface area contributed by atoms with E-state index in [0.29, 0.717) is 45.6 Å². The smallest absolute Gasteiger partial charge is 0.475 e. The molecule has 0 amide bonds. The lowest BCUT2D eigenvalue weighted by Crippen LogP contribution is -2.60. The van der Waals surface area contributed by atoms with Gasteiger partial charge in [0.2, 0.25) is 10.0 Å². The van der Waals surface area contributed by atoms with Gasteiger partial charge in [-0.05, 0) is 31.0 Å². The number of carboxylic acids is 1. The quantitative estimate of drug-likeness (QED) is 0.598. The van der Waals surface area contributed by atoms with Crippen LogP contribution in [0.2, 0.25) is 0 Å². The molecule has 4 rings (SSSR count). The number of nitrogens with zero attached hydrogens (tertiary/aromatic N) is 2. The molecule has 0 saturated carbocycles. The Kier molecular flexibility index (Phi) is 8.09. The maximum Gasteiger partial charge on any atom is 0.490 e. The third kappa shape index (κ3) is 7.08. The molecule has 198 valence electrons. The van der Waals surface area contributed by atoms with Gasteiger partial charge in [0.25, 0.3) is 5.92 Å². The summed E-state index contributed by atoms with van der Waals surface area (Å²) in [5.41, 5.74) is -0.307. The van der Waals surface area contributed by atoms with E-state index in [1.807, 2.05) is 4.90 Å². The maximum atomic E-state index is 13.4. The van der Waals surface area contributed by atoms with E-state index in [1.165, 1.54) is 22.5 Å². The zero-order valence-corrected chi connectivity index (χ0v) is 19.4. The number of carbonyl (C=O) groups is 1. The summed E-state index contributed by atoms with van der Waals surface area (Å²) in [4.78, 5) is 10.9. The maximum absolute atomic E-state index is 13.4. The van der Waals surface area contributed by atoms with Gasteiger partial charge in [0.05, 0.1) is 16.6 Å². The molecule has 3 heterocycles. The van der Waals surface area contributed by atoms with Crippen molar-refractivity contribution in [1.82, 2.24) is 9.21 Å². The summed E-state index contributed by atoms with van der Waals surface area (Å²) in [6.45, 7) is 2.10. The minimum absolute atomic E-state index is 0.0260. The van der Waals surface area contributed by atoms with Gasteiger partial charge < -0.3 is 14.7 Å². The molecule has 0 bridgehead atoms. The number of ether oxygens (including phenoxy) is 1. The van der Waals surface area contributed by atoms with Crippen LogP contribution in [0.15, 0.2) is 29.2 Å². The van der Waals surface area contributed by atoms with E-state index >= 15 is 0 Å². The second kappa shape index (κ2) is 10.2. The highest BCUT2D eigenvalue weighted by Crippen LogP contribution is 2.43. The Hall–Kier alpha value is -1.90. The molecule has 1 atom stereocenters. The highest BCUT2D eigenvalue weighted by Gasteiger charge is 2.49. The van der Waals surface area contributed by atoms with Crippen LogP contribution in [0.25, 0.3) is 0 Å². The van der Waals surface area contributed by atoms with Crippen LogP contribution in [0, 0.1) is 5.82 Å². The van der Waals surface area contributed by atoms with Gasteiger partial charge >= 0.3 is 12.1 Å². The monoisotopic (exact) mass is 532 g/mol. The second-order valence-corrected chi connectivity index (χ2v) is 10.9. The number of likely N-dealkylation sites (tertiary alicyclic amines) is 1. The molecule has 0 aromatic heterocycles. The summed E-state index contributed by atoms with van der Waals surface area (Å²) in [7, 11) is -3.71. The van der Waals surface area contributed by atoms with E-state index in [9.17, 15) is 34.8 Å². The molecule has 1 spiro atoms. The molecule has 3 fully saturated rings. The first-order chi connectivity index (χ1) is 16.1. The fourth-order valence-corrected chi connectivity index (χ4v) is 5.92. The molecule has 0 aliphatic carbocycles. The summed E-state index contributed by atoms with van der Waals surface area (Å²) in [6, 6.07) is 5.05. The first-order valence-corrected chi connectivity index (χ1v) is 12.4. The molecule has 14 heteroatoms. The molecule has 7 nitrogen and oxygen atoms in total. The van der Waals surface area contributed by atoms with Crippen molar-refractivity contribution in [2.24, 2.45) is 0 Å². The van der Waals surface area contributed by atoms with Crippen molar-refractivity contribution < 1.29 is 49.4 Å². The van der Waals surface area contributed by atoms with Crippen molar-refractivity contribution >= 4 is 16.0 Å². The summed E-state index contributed by atoms with van der Waals surface area (Å²) in [5.74, 6) is -5.87. The van der Waals surface area contributed by atoms with Crippen LogP contribution in [-0.4, -0.2) is 85.2 Å². The van der Waals surface area contributed by atoms with Crippen molar-refractivity contribution in [2.45, 2.75) is 60.8 Å². The number of hydrogen-bond donors (Lipinski definition) is 1. The van der Waals surface area contributed by atoms with Gasteiger partial charge in [-0.15, -0.1) is 0 Å². The Morgan fingerprint density at radius 3 is 2.11 bits per heavy atom. The van der Waals surface area contributed by atoms with Crippen LogP contribution < -0.4 is 0 Å². The molecule has 3 aliphatic heterocycles. The minimum atomic E-state index is -5.08. The number of halogens is 6. The Morgan fingerprint density at radius 2 is 1.63 bits per heavy atom. The van der Waals surface area contributed by atoms with E-state index in [0.717, 1.165) is 12.5 Å². The lowest BCUT2D eigenvalue weighted by molar-refractivity contribution is -0.228. The molecule has 3 saturated heterocycles. The number of benzene rings is 1. The number of alkyl halides is 5. The predicted octanol–water partition coefficient (Wildman–Crippen LogP) is 3.50. The van der Waals surface area contributed by atoms with E-state index < -0.39 is 33.9 Å². The minimum Gasteiger partial charge on any atom is -0.475 e. The van der Waals surface area contributed by atoms with Gasteiger partial charge in [-0.25, -0.2) is 26.4 Å². The summed E-state index contributed by atoms with van der Waals surface area (Å²) < 4.78 is 104.